The van der Waals surface area contributed by atoms with E-state index in [1.807, 2.05) is 0 Å². The summed E-state index contributed by atoms with van der Waals surface area (Å²) < 4.78 is 22.2. The number of hydrogen-bond donors (Lipinski definition) is 0. The summed E-state index contributed by atoms with van der Waals surface area (Å²) in [5.41, 5.74) is 0. The van der Waals surface area contributed by atoms with E-state index >= 15 is 0 Å². The summed E-state index contributed by atoms with van der Waals surface area (Å²) in [4.78, 5) is 0. The number of unbranched alkanes of at least 4 members (excludes halogenated alkanes) is 6. The maximum absolute atomic E-state index is 5.73. The number of ether oxygens (including phenoxy) is 4. The molecule has 0 unspecified atom stereocenters. The molecule has 0 aliphatic rings. The molecule has 0 saturated heterocycles. The van der Waals surface area contributed by atoms with Crippen LogP contribution in [-0.2, 0) is 18.9 Å². The van der Waals surface area contributed by atoms with Crippen molar-refractivity contribution in [1.82, 2.24) is 0 Å². The largest absolute Gasteiger partial charge is 0.475 e. The molecule has 0 radical (unpaired) electrons. The minimum atomic E-state index is -0.0362. The molecule has 150 valence electrons. The number of rotatable bonds is 20. The van der Waals surface area contributed by atoms with Gasteiger partial charge in [-0.15, -0.1) is 0 Å². The van der Waals surface area contributed by atoms with E-state index < -0.39 is 0 Å². The fraction of sp³-hybridized carbons (Fsp3) is 0.905. The second-order valence-corrected chi connectivity index (χ2v) is 6.43. The van der Waals surface area contributed by atoms with E-state index in [0.29, 0.717) is 6.79 Å². The minimum Gasteiger partial charge on any atom is -0.475 e. The van der Waals surface area contributed by atoms with E-state index in [4.69, 9.17) is 18.9 Å². The van der Waals surface area contributed by atoms with Gasteiger partial charge in [0.25, 0.3) is 0 Å². The Morgan fingerprint density at radius 1 is 0.720 bits per heavy atom. The van der Waals surface area contributed by atoms with Crippen molar-refractivity contribution in [3.63, 3.8) is 0 Å². The molecule has 0 spiro atoms. The Kier molecular flexibility index (Phi) is 21.0. The molecule has 0 rings (SSSR count). The zero-order valence-corrected chi connectivity index (χ0v) is 17.0. The van der Waals surface area contributed by atoms with E-state index in [-0.39, 0.29) is 6.29 Å². The van der Waals surface area contributed by atoms with Gasteiger partial charge in [-0.2, -0.15) is 0 Å². The Morgan fingerprint density at radius 3 is 2.12 bits per heavy atom. The van der Waals surface area contributed by atoms with Crippen LogP contribution < -0.4 is 0 Å². The first kappa shape index (κ1) is 24.4. The lowest BCUT2D eigenvalue weighted by atomic mass is 10.2. The summed E-state index contributed by atoms with van der Waals surface area (Å²) >= 11 is 0. The summed E-state index contributed by atoms with van der Waals surface area (Å²) in [5.74, 6) is 0. The maximum Gasteiger partial charge on any atom is 0.188 e. The lowest BCUT2D eigenvalue weighted by Crippen LogP contribution is -2.18. The van der Waals surface area contributed by atoms with Gasteiger partial charge in [0.1, 0.15) is 0 Å². The Bertz CT molecular complexity index is 261. The monoisotopic (exact) mass is 358 g/mol. The molecule has 0 atom stereocenters. The van der Waals surface area contributed by atoms with Gasteiger partial charge in [-0.25, -0.2) is 0 Å². The molecule has 4 nitrogen and oxygen atoms in total. The van der Waals surface area contributed by atoms with Crippen molar-refractivity contribution in [3.8, 4) is 0 Å². The first-order valence-corrected chi connectivity index (χ1v) is 10.4. The zero-order valence-electron chi connectivity index (χ0n) is 17.0. The molecule has 0 saturated carbocycles. The fourth-order valence-electron chi connectivity index (χ4n) is 2.38. The number of hydrogen-bond acceptors (Lipinski definition) is 4. The van der Waals surface area contributed by atoms with Gasteiger partial charge in [0.15, 0.2) is 13.1 Å². The third-order valence-corrected chi connectivity index (χ3v) is 3.81. The van der Waals surface area contributed by atoms with Crippen molar-refractivity contribution in [2.45, 2.75) is 97.7 Å². The molecule has 4 heteroatoms. The van der Waals surface area contributed by atoms with Crippen LogP contribution in [0.1, 0.15) is 91.4 Å². The third-order valence-electron chi connectivity index (χ3n) is 3.81. The van der Waals surface area contributed by atoms with Crippen LogP contribution in [0.3, 0.4) is 0 Å². The van der Waals surface area contributed by atoms with Crippen molar-refractivity contribution in [2.24, 2.45) is 0 Å². The smallest absolute Gasteiger partial charge is 0.188 e. The molecule has 0 amide bonds. The van der Waals surface area contributed by atoms with Crippen LogP contribution in [-0.4, -0.2) is 32.9 Å². The standard InChI is InChI=1S/C21H42O4/c1-4-7-8-10-13-18-22-20-23-19-14-11-9-12-15-21(24-16-5-2)25-17-6-3/h14,19,21H,4-13,15-18,20H2,1-3H3. The molecule has 0 aromatic heterocycles. The van der Waals surface area contributed by atoms with E-state index in [0.717, 1.165) is 64.8 Å². The predicted molar refractivity (Wildman–Crippen MR) is 105 cm³/mol. The van der Waals surface area contributed by atoms with Gasteiger partial charge in [-0.3, -0.25) is 0 Å². The van der Waals surface area contributed by atoms with Crippen LogP contribution in [0.4, 0.5) is 0 Å². The summed E-state index contributed by atoms with van der Waals surface area (Å²) in [6, 6.07) is 0. The Morgan fingerprint density at radius 2 is 1.44 bits per heavy atom. The second-order valence-electron chi connectivity index (χ2n) is 6.43. The van der Waals surface area contributed by atoms with Crippen molar-refractivity contribution >= 4 is 0 Å². The summed E-state index contributed by atoms with van der Waals surface area (Å²) in [7, 11) is 0. The van der Waals surface area contributed by atoms with Crippen LogP contribution in [0.5, 0.6) is 0 Å². The first-order valence-electron chi connectivity index (χ1n) is 10.4. The Hall–Kier alpha value is -0.580. The molecule has 0 aromatic carbocycles. The van der Waals surface area contributed by atoms with Crippen molar-refractivity contribution in [1.29, 1.82) is 0 Å². The van der Waals surface area contributed by atoms with Crippen molar-refractivity contribution in [3.05, 3.63) is 12.3 Å². The maximum atomic E-state index is 5.73. The van der Waals surface area contributed by atoms with Crippen LogP contribution in [0.25, 0.3) is 0 Å². The summed E-state index contributed by atoms with van der Waals surface area (Å²) in [6.07, 6.45) is 16.4. The van der Waals surface area contributed by atoms with E-state index in [2.05, 4.69) is 26.8 Å². The highest BCUT2D eigenvalue weighted by Crippen LogP contribution is 2.10. The fourth-order valence-corrected chi connectivity index (χ4v) is 2.38. The SMILES string of the molecule is CCCCCCCOCOC=CCCCCC(OCCC)OCCC. The molecule has 0 aromatic rings. The summed E-state index contributed by atoms with van der Waals surface area (Å²) in [6.45, 7) is 9.20. The normalized spacial score (nSPS) is 11.7. The molecular weight excluding hydrogens is 316 g/mol. The van der Waals surface area contributed by atoms with Crippen LogP contribution in [0.15, 0.2) is 12.3 Å². The highest BCUT2D eigenvalue weighted by molar-refractivity contribution is 4.72. The van der Waals surface area contributed by atoms with Gasteiger partial charge in [0.2, 0.25) is 0 Å². The van der Waals surface area contributed by atoms with E-state index in [1.54, 1.807) is 6.26 Å². The van der Waals surface area contributed by atoms with Crippen molar-refractivity contribution in [2.75, 3.05) is 26.6 Å². The van der Waals surface area contributed by atoms with Crippen LogP contribution >= 0.6 is 0 Å². The van der Waals surface area contributed by atoms with Gasteiger partial charge in [0, 0.05) is 13.2 Å². The van der Waals surface area contributed by atoms with Crippen molar-refractivity contribution < 1.29 is 18.9 Å². The van der Waals surface area contributed by atoms with Gasteiger partial charge >= 0.3 is 0 Å². The average Bonchev–Trinajstić information content (AvgIpc) is 2.63. The molecule has 0 aliphatic heterocycles. The van der Waals surface area contributed by atoms with Gasteiger partial charge in [0.05, 0.1) is 12.9 Å². The highest BCUT2D eigenvalue weighted by Gasteiger charge is 2.07. The highest BCUT2D eigenvalue weighted by atomic mass is 16.7. The first-order chi connectivity index (χ1) is 12.3. The van der Waals surface area contributed by atoms with E-state index in [9.17, 15) is 0 Å². The third kappa shape index (κ3) is 19.6. The van der Waals surface area contributed by atoms with Gasteiger partial charge in [-0.05, 0) is 51.0 Å². The lowest BCUT2D eigenvalue weighted by molar-refractivity contribution is -0.146. The Balaban J connectivity index is 3.40. The molecule has 0 heterocycles. The molecule has 0 bridgehead atoms. The zero-order chi connectivity index (χ0) is 18.4. The van der Waals surface area contributed by atoms with Gasteiger partial charge < -0.3 is 18.9 Å². The quantitative estimate of drug-likeness (QED) is 0.147. The summed E-state index contributed by atoms with van der Waals surface area (Å²) in [5, 5.41) is 0. The second kappa shape index (κ2) is 21.5. The van der Waals surface area contributed by atoms with E-state index in [1.165, 1.54) is 25.7 Å². The Labute approximate surface area is 156 Å². The van der Waals surface area contributed by atoms with Crippen LogP contribution in [0.2, 0.25) is 0 Å². The molecular formula is C21H42O4. The topological polar surface area (TPSA) is 36.9 Å². The molecule has 0 N–H and O–H groups in total. The average molecular weight is 359 g/mol. The number of allylic oxidation sites excluding steroid dienone is 1. The minimum absolute atomic E-state index is 0.0362. The molecule has 0 fully saturated rings. The van der Waals surface area contributed by atoms with Gasteiger partial charge in [-0.1, -0.05) is 46.5 Å². The molecule has 25 heavy (non-hydrogen) atoms. The molecule has 0 aliphatic carbocycles. The predicted octanol–water partition coefficient (Wildman–Crippen LogP) is 6.20. The lowest BCUT2D eigenvalue weighted by Gasteiger charge is -2.17. The van der Waals surface area contributed by atoms with Crippen LogP contribution in [0, 0.1) is 0 Å².